The number of hydrogen-bond acceptors (Lipinski definition) is 4. The van der Waals surface area contributed by atoms with Crippen LogP contribution >= 0.6 is 0 Å². The first-order valence-electron chi connectivity index (χ1n) is 7.47. The summed E-state index contributed by atoms with van der Waals surface area (Å²) in [5.74, 6) is 1.01. The van der Waals surface area contributed by atoms with Crippen molar-refractivity contribution in [3.63, 3.8) is 0 Å². The quantitative estimate of drug-likeness (QED) is 0.737. The number of benzene rings is 1. The molecule has 0 saturated heterocycles. The second-order valence-corrected chi connectivity index (χ2v) is 5.40. The molecule has 6 nitrogen and oxygen atoms in total. The van der Waals surface area contributed by atoms with Crippen molar-refractivity contribution in [1.82, 2.24) is 19.1 Å². The Hall–Kier alpha value is -2.90. The van der Waals surface area contributed by atoms with Gasteiger partial charge in [-0.1, -0.05) is 6.92 Å². The predicted octanol–water partition coefficient (Wildman–Crippen LogP) is 3.00. The second kappa shape index (κ2) is 5.33. The van der Waals surface area contributed by atoms with Gasteiger partial charge in [0.2, 0.25) is 0 Å². The minimum absolute atomic E-state index is 0.00984. The lowest BCUT2D eigenvalue weighted by atomic mass is 10.3. The highest BCUT2D eigenvalue weighted by Gasteiger charge is 2.43. The molecule has 24 heavy (non-hydrogen) atoms. The Balaban J connectivity index is 1.58. The van der Waals surface area contributed by atoms with E-state index in [0.29, 0.717) is 12.2 Å². The number of imidazole rings is 2. The lowest BCUT2D eigenvalue weighted by Gasteiger charge is -2.05. The van der Waals surface area contributed by atoms with Crippen molar-refractivity contribution in [2.75, 3.05) is 0 Å². The van der Waals surface area contributed by atoms with Crippen LogP contribution in [0, 0.1) is 0 Å². The molecule has 0 radical (unpaired) electrons. The van der Waals surface area contributed by atoms with Gasteiger partial charge in [0.25, 0.3) is 0 Å². The first-order chi connectivity index (χ1) is 11.5. The number of halogens is 2. The van der Waals surface area contributed by atoms with Crippen LogP contribution in [0.25, 0.3) is 5.69 Å². The van der Waals surface area contributed by atoms with E-state index < -0.39 is 6.29 Å². The number of rotatable bonds is 4. The molecule has 1 aliphatic heterocycles. The highest BCUT2D eigenvalue weighted by atomic mass is 19.3. The first-order valence-corrected chi connectivity index (χ1v) is 7.47. The molecule has 0 unspecified atom stereocenters. The van der Waals surface area contributed by atoms with Gasteiger partial charge >= 0.3 is 6.29 Å². The molecule has 3 aromatic rings. The topological polar surface area (TPSA) is 54.1 Å². The number of hydrogen-bond donors (Lipinski definition) is 0. The number of alkyl halides is 2. The van der Waals surface area contributed by atoms with Crippen LogP contribution in [0.2, 0.25) is 0 Å². The van der Waals surface area contributed by atoms with Crippen molar-refractivity contribution in [1.29, 1.82) is 0 Å². The smallest absolute Gasteiger partial charge is 0.395 e. The van der Waals surface area contributed by atoms with Crippen molar-refractivity contribution in [2.45, 2.75) is 26.2 Å². The largest absolute Gasteiger partial charge is 0.586 e. The normalized spacial score (nSPS) is 15.0. The molecule has 0 aliphatic carbocycles. The van der Waals surface area contributed by atoms with Crippen LogP contribution in [0.1, 0.15) is 18.4 Å². The van der Waals surface area contributed by atoms with Crippen molar-refractivity contribution in [3.8, 4) is 17.2 Å². The summed E-state index contributed by atoms with van der Waals surface area (Å²) < 4.78 is 38.8. The van der Waals surface area contributed by atoms with Crippen LogP contribution in [0.15, 0.2) is 43.1 Å². The Morgan fingerprint density at radius 1 is 1.17 bits per heavy atom. The minimum atomic E-state index is -3.61. The van der Waals surface area contributed by atoms with E-state index >= 15 is 0 Å². The predicted molar refractivity (Wildman–Crippen MR) is 80.5 cm³/mol. The average Bonchev–Trinajstić information content (AvgIpc) is 3.23. The third-order valence-corrected chi connectivity index (χ3v) is 3.77. The van der Waals surface area contributed by atoms with E-state index in [2.05, 4.69) is 19.4 Å². The highest BCUT2D eigenvalue weighted by Crippen LogP contribution is 2.41. The van der Waals surface area contributed by atoms with E-state index in [0.717, 1.165) is 17.9 Å². The van der Waals surface area contributed by atoms with E-state index in [4.69, 9.17) is 0 Å². The van der Waals surface area contributed by atoms with Crippen LogP contribution in [0.4, 0.5) is 8.78 Å². The van der Waals surface area contributed by atoms with Crippen LogP contribution in [-0.2, 0) is 13.0 Å². The summed E-state index contributed by atoms with van der Waals surface area (Å²) in [4.78, 5) is 8.63. The molecule has 3 heterocycles. The van der Waals surface area contributed by atoms with E-state index in [1.807, 2.05) is 23.9 Å². The third kappa shape index (κ3) is 2.60. The zero-order valence-electron chi connectivity index (χ0n) is 12.8. The second-order valence-electron chi connectivity index (χ2n) is 5.40. The molecule has 0 atom stereocenters. The fourth-order valence-electron chi connectivity index (χ4n) is 2.66. The Morgan fingerprint density at radius 2 is 2.00 bits per heavy atom. The van der Waals surface area contributed by atoms with Gasteiger partial charge in [0.15, 0.2) is 11.5 Å². The van der Waals surface area contributed by atoms with Gasteiger partial charge in [0.1, 0.15) is 5.82 Å². The maximum atomic E-state index is 13.1. The Morgan fingerprint density at radius 3 is 2.83 bits per heavy atom. The number of ether oxygens (including phenoxy) is 2. The molecule has 0 spiro atoms. The van der Waals surface area contributed by atoms with E-state index in [-0.39, 0.29) is 11.5 Å². The van der Waals surface area contributed by atoms with Crippen molar-refractivity contribution >= 4 is 0 Å². The molecule has 0 N–H and O–H groups in total. The van der Waals surface area contributed by atoms with Gasteiger partial charge in [-0.25, -0.2) is 9.97 Å². The first kappa shape index (κ1) is 14.7. The summed E-state index contributed by atoms with van der Waals surface area (Å²) >= 11 is 0. The van der Waals surface area contributed by atoms with Crippen LogP contribution in [0.3, 0.4) is 0 Å². The van der Waals surface area contributed by atoms with E-state index in [1.165, 1.54) is 12.1 Å². The van der Waals surface area contributed by atoms with Gasteiger partial charge in [-0.15, -0.1) is 8.78 Å². The molecule has 4 rings (SSSR count). The van der Waals surface area contributed by atoms with Crippen molar-refractivity contribution in [3.05, 3.63) is 54.6 Å². The van der Waals surface area contributed by atoms with Gasteiger partial charge in [-0.2, -0.15) is 0 Å². The fourth-order valence-corrected chi connectivity index (χ4v) is 2.66. The maximum Gasteiger partial charge on any atom is 0.586 e. The Labute approximate surface area is 136 Å². The third-order valence-electron chi connectivity index (χ3n) is 3.77. The van der Waals surface area contributed by atoms with Gasteiger partial charge in [0.05, 0.1) is 24.3 Å². The summed E-state index contributed by atoms with van der Waals surface area (Å²) in [5, 5.41) is 0. The van der Waals surface area contributed by atoms with E-state index in [9.17, 15) is 8.78 Å². The molecular formula is C16H14F2N4O2. The molecule has 0 fully saturated rings. The number of nitrogens with zero attached hydrogens (tertiary/aromatic N) is 4. The summed E-state index contributed by atoms with van der Waals surface area (Å²) in [6.07, 6.45) is 4.36. The van der Waals surface area contributed by atoms with Gasteiger partial charge in [-0.05, 0) is 12.1 Å². The molecule has 0 bridgehead atoms. The number of fused-ring (bicyclic) bond motifs is 1. The van der Waals surface area contributed by atoms with Crippen molar-refractivity contribution in [2.24, 2.45) is 0 Å². The van der Waals surface area contributed by atoms with Gasteiger partial charge < -0.3 is 18.6 Å². The minimum Gasteiger partial charge on any atom is -0.395 e. The molecule has 0 amide bonds. The SMILES string of the molecule is CCc1nccn1Cc1cn(-c2ccc3c(c2)OC(F)(F)O3)cn1. The Kier molecular flexibility index (Phi) is 3.26. The standard InChI is InChI=1S/C16H14F2N4O2/c1-2-15-19-5-6-21(15)8-11-9-22(10-20-11)12-3-4-13-14(7-12)24-16(17,18)23-13/h3-7,9-10H,2,8H2,1H3. The molecular weight excluding hydrogens is 318 g/mol. The lowest BCUT2D eigenvalue weighted by Crippen LogP contribution is -2.25. The van der Waals surface area contributed by atoms with Crippen LogP contribution in [-0.4, -0.2) is 25.4 Å². The maximum absolute atomic E-state index is 13.1. The monoisotopic (exact) mass is 332 g/mol. The zero-order chi connectivity index (χ0) is 16.7. The molecule has 1 aromatic carbocycles. The van der Waals surface area contributed by atoms with Crippen molar-refractivity contribution < 1.29 is 18.3 Å². The van der Waals surface area contributed by atoms with Crippen LogP contribution < -0.4 is 9.47 Å². The Bertz CT molecular complexity index is 888. The fraction of sp³-hybridized carbons (Fsp3) is 0.250. The summed E-state index contributed by atoms with van der Waals surface area (Å²) in [7, 11) is 0. The molecule has 1 aliphatic rings. The zero-order valence-corrected chi connectivity index (χ0v) is 12.8. The molecule has 8 heteroatoms. The molecule has 2 aromatic heterocycles. The summed E-state index contributed by atoms with van der Waals surface area (Å²) in [5.41, 5.74) is 1.50. The average molecular weight is 332 g/mol. The van der Waals surface area contributed by atoms with Gasteiger partial charge in [-0.3, -0.25) is 0 Å². The van der Waals surface area contributed by atoms with E-state index in [1.54, 1.807) is 23.2 Å². The summed E-state index contributed by atoms with van der Waals surface area (Å²) in [6.45, 7) is 2.64. The van der Waals surface area contributed by atoms with Crippen LogP contribution in [0.5, 0.6) is 11.5 Å². The van der Waals surface area contributed by atoms with Gasteiger partial charge in [0, 0.05) is 31.1 Å². The highest BCUT2D eigenvalue weighted by molar-refractivity contribution is 5.50. The number of aromatic nitrogens is 4. The molecule has 124 valence electrons. The molecule has 0 saturated carbocycles. The lowest BCUT2D eigenvalue weighted by molar-refractivity contribution is -0.286. The summed E-state index contributed by atoms with van der Waals surface area (Å²) in [6, 6.07) is 4.62. The number of aryl methyl sites for hydroxylation is 1.